The summed E-state index contributed by atoms with van der Waals surface area (Å²) in [6, 6.07) is 7.55. The zero-order valence-corrected chi connectivity index (χ0v) is 13.7. The number of amides is 2. The number of carbonyl (C=O) groups excluding carboxylic acids is 2. The number of carbonyl (C=O) groups is 2. The quantitative estimate of drug-likeness (QED) is 0.760. The number of ether oxygens (including phenoxy) is 1. The zero-order chi connectivity index (χ0) is 16.4. The molecule has 0 fully saturated rings. The third-order valence-corrected chi connectivity index (χ3v) is 3.32. The fraction of sp³-hybridized carbons (Fsp3) is 0.529. The molecule has 0 atom stereocenters. The first-order valence-electron chi connectivity index (χ1n) is 7.74. The Hall–Kier alpha value is -2.04. The van der Waals surface area contributed by atoms with Gasteiger partial charge in [0.15, 0.2) is 6.61 Å². The van der Waals surface area contributed by atoms with Crippen molar-refractivity contribution < 1.29 is 14.3 Å². The molecule has 0 bridgehead atoms. The molecule has 0 unspecified atom stereocenters. The molecule has 0 aliphatic rings. The lowest BCUT2D eigenvalue weighted by Crippen LogP contribution is -2.39. The van der Waals surface area contributed by atoms with E-state index < -0.39 is 0 Å². The molecule has 0 saturated carbocycles. The third-order valence-electron chi connectivity index (χ3n) is 3.32. The van der Waals surface area contributed by atoms with Gasteiger partial charge in [0.05, 0.1) is 0 Å². The smallest absolute Gasteiger partial charge is 0.258 e. The van der Waals surface area contributed by atoms with Crippen LogP contribution in [0.25, 0.3) is 0 Å². The Labute approximate surface area is 132 Å². The standard InChI is InChI=1S/C17H26N2O3/c1-4-5-11-19(15(3)20)12-10-18-17(21)13-22-16-8-6-14(2)7-9-16/h6-9H,4-5,10-13H2,1-3H3,(H,18,21). The first-order valence-corrected chi connectivity index (χ1v) is 7.74. The van der Waals surface area contributed by atoms with E-state index in [2.05, 4.69) is 12.2 Å². The Morgan fingerprint density at radius 1 is 1.18 bits per heavy atom. The van der Waals surface area contributed by atoms with E-state index in [4.69, 9.17) is 4.74 Å². The van der Waals surface area contributed by atoms with Crippen LogP contribution in [-0.2, 0) is 9.59 Å². The van der Waals surface area contributed by atoms with Crippen molar-refractivity contribution in [1.29, 1.82) is 0 Å². The summed E-state index contributed by atoms with van der Waals surface area (Å²) in [5, 5.41) is 2.77. The van der Waals surface area contributed by atoms with Crippen LogP contribution < -0.4 is 10.1 Å². The predicted octanol–water partition coefficient (Wildman–Crippen LogP) is 2.14. The molecule has 0 saturated heterocycles. The molecule has 1 aromatic carbocycles. The lowest BCUT2D eigenvalue weighted by atomic mass is 10.2. The zero-order valence-electron chi connectivity index (χ0n) is 13.7. The Bertz CT molecular complexity index is 471. The monoisotopic (exact) mass is 306 g/mol. The fourth-order valence-corrected chi connectivity index (χ4v) is 1.94. The van der Waals surface area contributed by atoms with E-state index in [1.54, 1.807) is 11.8 Å². The predicted molar refractivity (Wildman–Crippen MR) is 86.8 cm³/mol. The molecule has 5 nitrogen and oxygen atoms in total. The lowest BCUT2D eigenvalue weighted by molar-refractivity contribution is -0.129. The molecule has 0 spiro atoms. The summed E-state index contributed by atoms with van der Waals surface area (Å²) in [4.78, 5) is 24.9. The van der Waals surface area contributed by atoms with E-state index in [1.165, 1.54) is 0 Å². The number of benzene rings is 1. The second kappa shape index (κ2) is 9.82. The molecule has 122 valence electrons. The highest BCUT2D eigenvalue weighted by molar-refractivity contribution is 5.77. The molecule has 5 heteroatoms. The van der Waals surface area contributed by atoms with Crippen LogP contribution in [0.4, 0.5) is 0 Å². The largest absolute Gasteiger partial charge is 0.484 e. The van der Waals surface area contributed by atoms with Crippen LogP contribution >= 0.6 is 0 Å². The first kappa shape index (κ1) is 18.0. The molecule has 1 N–H and O–H groups in total. The maximum Gasteiger partial charge on any atom is 0.258 e. The topological polar surface area (TPSA) is 58.6 Å². The molecule has 2 amide bonds. The number of unbranched alkanes of at least 4 members (excludes halogenated alkanes) is 1. The van der Waals surface area contributed by atoms with E-state index in [0.717, 1.165) is 24.9 Å². The molecule has 0 aromatic heterocycles. The molecule has 0 aliphatic carbocycles. The van der Waals surface area contributed by atoms with Crippen LogP contribution in [0.2, 0.25) is 0 Å². The van der Waals surface area contributed by atoms with E-state index in [0.29, 0.717) is 18.8 Å². The van der Waals surface area contributed by atoms with Gasteiger partial charge >= 0.3 is 0 Å². The molecule has 0 radical (unpaired) electrons. The Balaban J connectivity index is 2.24. The summed E-state index contributed by atoms with van der Waals surface area (Å²) < 4.78 is 5.40. The second-order valence-electron chi connectivity index (χ2n) is 5.31. The summed E-state index contributed by atoms with van der Waals surface area (Å²) >= 11 is 0. The Morgan fingerprint density at radius 3 is 2.45 bits per heavy atom. The van der Waals surface area contributed by atoms with Crippen molar-refractivity contribution in [2.75, 3.05) is 26.2 Å². The number of nitrogens with zero attached hydrogens (tertiary/aromatic N) is 1. The molecule has 0 heterocycles. The Kier molecular flexibility index (Phi) is 8.04. The van der Waals surface area contributed by atoms with Crippen LogP contribution in [0.1, 0.15) is 32.3 Å². The van der Waals surface area contributed by atoms with Gasteiger partial charge in [0.2, 0.25) is 5.91 Å². The fourth-order valence-electron chi connectivity index (χ4n) is 1.94. The number of hydrogen-bond donors (Lipinski definition) is 1. The second-order valence-corrected chi connectivity index (χ2v) is 5.31. The minimum atomic E-state index is -0.181. The van der Waals surface area contributed by atoms with Gasteiger partial charge in [-0.3, -0.25) is 9.59 Å². The van der Waals surface area contributed by atoms with E-state index in [-0.39, 0.29) is 18.4 Å². The molecule has 1 rings (SSSR count). The van der Waals surface area contributed by atoms with Gasteiger partial charge in [-0.2, -0.15) is 0 Å². The number of aryl methyl sites for hydroxylation is 1. The van der Waals surface area contributed by atoms with Crippen LogP contribution in [0.15, 0.2) is 24.3 Å². The number of nitrogens with one attached hydrogen (secondary N) is 1. The van der Waals surface area contributed by atoms with Gasteiger partial charge in [0.1, 0.15) is 5.75 Å². The minimum absolute atomic E-state index is 0.0158. The normalized spacial score (nSPS) is 10.1. The average Bonchev–Trinajstić information content (AvgIpc) is 2.49. The van der Waals surface area contributed by atoms with Gasteiger partial charge in [-0.25, -0.2) is 0 Å². The highest BCUT2D eigenvalue weighted by Gasteiger charge is 2.08. The van der Waals surface area contributed by atoms with Crippen molar-refractivity contribution in [3.05, 3.63) is 29.8 Å². The van der Waals surface area contributed by atoms with Crippen LogP contribution in [0.3, 0.4) is 0 Å². The van der Waals surface area contributed by atoms with E-state index >= 15 is 0 Å². The van der Waals surface area contributed by atoms with Gasteiger partial charge in [-0.15, -0.1) is 0 Å². The van der Waals surface area contributed by atoms with Gasteiger partial charge < -0.3 is 15.0 Å². The van der Waals surface area contributed by atoms with Gasteiger partial charge in [0.25, 0.3) is 5.91 Å². The molecule has 22 heavy (non-hydrogen) atoms. The van der Waals surface area contributed by atoms with Gasteiger partial charge in [-0.05, 0) is 25.5 Å². The van der Waals surface area contributed by atoms with Crippen LogP contribution in [0.5, 0.6) is 5.75 Å². The van der Waals surface area contributed by atoms with Crippen molar-refractivity contribution in [3.8, 4) is 5.75 Å². The maximum absolute atomic E-state index is 11.7. The van der Waals surface area contributed by atoms with E-state index in [1.807, 2.05) is 31.2 Å². The summed E-state index contributed by atoms with van der Waals surface area (Å²) in [7, 11) is 0. The van der Waals surface area contributed by atoms with Crippen molar-refractivity contribution in [2.24, 2.45) is 0 Å². The SMILES string of the molecule is CCCCN(CCNC(=O)COc1ccc(C)cc1)C(C)=O. The number of hydrogen-bond acceptors (Lipinski definition) is 3. The summed E-state index contributed by atoms with van der Waals surface area (Å²) in [5.41, 5.74) is 1.15. The highest BCUT2D eigenvalue weighted by atomic mass is 16.5. The summed E-state index contributed by atoms with van der Waals surface area (Å²) in [6.07, 6.45) is 2.02. The number of rotatable bonds is 9. The van der Waals surface area contributed by atoms with Crippen LogP contribution in [0, 0.1) is 6.92 Å². The molecular weight excluding hydrogens is 280 g/mol. The van der Waals surface area contributed by atoms with Crippen molar-refractivity contribution in [2.45, 2.75) is 33.6 Å². The summed E-state index contributed by atoms with van der Waals surface area (Å²) in [5.74, 6) is 0.534. The van der Waals surface area contributed by atoms with Crippen molar-refractivity contribution >= 4 is 11.8 Å². The van der Waals surface area contributed by atoms with Crippen molar-refractivity contribution in [1.82, 2.24) is 10.2 Å². The van der Waals surface area contributed by atoms with Crippen molar-refractivity contribution in [3.63, 3.8) is 0 Å². The molecule has 0 aliphatic heterocycles. The molecule has 1 aromatic rings. The Morgan fingerprint density at radius 2 is 1.86 bits per heavy atom. The summed E-state index contributed by atoms with van der Waals surface area (Å²) in [6.45, 7) is 7.33. The molecular formula is C17H26N2O3. The highest BCUT2D eigenvalue weighted by Crippen LogP contribution is 2.10. The third kappa shape index (κ3) is 7.11. The minimum Gasteiger partial charge on any atom is -0.484 e. The van der Waals surface area contributed by atoms with Crippen LogP contribution in [-0.4, -0.2) is 43.0 Å². The average molecular weight is 306 g/mol. The van der Waals surface area contributed by atoms with E-state index in [9.17, 15) is 9.59 Å². The first-order chi connectivity index (χ1) is 10.5. The van der Waals surface area contributed by atoms with Gasteiger partial charge in [-0.1, -0.05) is 31.0 Å². The van der Waals surface area contributed by atoms with Gasteiger partial charge in [0, 0.05) is 26.6 Å². The maximum atomic E-state index is 11.7. The lowest BCUT2D eigenvalue weighted by Gasteiger charge is -2.20.